The van der Waals surface area contributed by atoms with Crippen molar-refractivity contribution in [1.82, 2.24) is 5.01 Å². The zero-order valence-corrected chi connectivity index (χ0v) is 19.9. The molecule has 4 nitrogen and oxygen atoms in total. The van der Waals surface area contributed by atoms with Crippen LogP contribution >= 0.6 is 0 Å². The van der Waals surface area contributed by atoms with E-state index in [1.807, 2.05) is 19.1 Å². The summed E-state index contributed by atoms with van der Waals surface area (Å²) in [5.41, 5.74) is 5.23. The van der Waals surface area contributed by atoms with Crippen LogP contribution in [0, 0.1) is 23.7 Å². The van der Waals surface area contributed by atoms with Gasteiger partial charge in [-0.05, 0) is 55.8 Å². The zero-order chi connectivity index (χ0) is 20.8. The van der Waals surface area contributed by atoms with E-state index in [1.54, 1.807) is 0 Å². The number of aliphatic carboxylic acids is 1. The standard InChI is InChI=1S/C22H42N2O2Si/c1-16(2)13-19(23-24(4)5)11-12-20-17(3)9-10-18(14-22(25)26)21(20)15-27(6,7)8/h15-18,20H,9-14H2,1-8H3,(H,25,26)/b21-15-,23-19-/t17-,18+,20+/m1/s1. The Morgan fingerprint density at radius 2 is 1.93 bits per heavy atom. The van der Waals surface area contributed by atoms with Crippen molar-refractivity contribution in [3.05, 3.63) is 11.3 Å². The van der Waals surface area contributed by atoms with Gasteiger partial charge in [-0.3, -0.25) is 4.79 Å². The normalized spacial score (nSPS) is 25.9. The second kappa shape index (κ2) is 10.4. The van der Waals surface area contributed by atoms with Crippen LogP contribution in [0.3, 0.4) is 0 Å². The van der Waals surface area contributed by atoms with Crippen LogP contribution in [0.4, 0.5) is 0 Å². The maximum atomic E-state index is 11.4. The van der Waals surface area contributed by atoms with Gasteiger partial charge < -0.3 is 10.1 Å². The SMILES string of the molecule is CC(C)C/C(CC[C@@H]1/C(=C\[Si](C)(C)C)[C@H](CC(=O)O)CC[C@H]1C)=N\N(C)C. The van der Waals surface area contributed by atoms with Crippen molar-refractivity contribution in [2.45, 2.75) is 78.9 Å². The van der Waals surface area contributed by atoms with Crippen molar-refractivity contribution in [3.63, 3.8) is 0 Å². The van der Waals surface area contributed by atoms with Crippen LogP contribution < -0.4 is 0 Å². The highest BCUT2D eigenvalue weighted by Crippen LogP contribution is 2.43. The van der Waals surface area contributed by atoms with Crippen LogP contribution in [0.2, 0.25) is 19.6 Å². The number of allylic oxidation sites excluding steroid dienone is 1. The highest BCUT2D eigenvalue weighted by atomic mass is 28.3. The summed E-state index contributed by atoms with van der Waals surface area (Å²) in [5.74, 6) is 1.27. The lowest BCUT2D eigenvalue weighted by Gasteiger charge is -2.38. The second-order valence-corrected chi connectivity index (χ2v) is 15.1. The Hall–Kier alpha value is -1.10. The summed E-state index contributed by atoms with van der Waals surface area (Å²) >= 11 is 0. The lowest BCUT2D eigenvalue weighted by molar-refractivity contribution is -0.138. The van der Waals surface area contributed by atoms with Gasteiger partial charge in [0, 0.05) is 19.8 Å². The minimum Gasteiger partial charge on any atom is -0.481 e. The smallest absolute Gasteiger partial charge is 0.303 e. The van der Waals surface area contributed by atoms with Crippen molar-refractivity contribution in [1.29, 1.82) is 0 Å². The Morgan fingerprint density at radius 1 is 1.30 bits per heavy atom. The van der Waals surface area contributed by atoms with Crippen LogP contribution in [0.5, 0.6) is 0 Å². The molecule has 0 radical (unpaired) electrons. The van der Waals surface area contributed by atoms with Gasteiger partial charge in [-0.15, -0.1) is 0 Å². The summed E-state index contributed by atoms with van der Waals surface area (Å²) in [5, 5.41) is 16.1. The predicted octanol–water partition coefficient (Wildman–Crippen LogP) is 5.67. The Balaban J connectivity index is 3.07. The minimum atomic E-state index is -1.41. The van der Waals surface area contributed by atoms with E-state index in [-0.39, 0.29) is 12.3 Å². The first kappa shape index (κ1) is 23.9. The van der Waals surface area contributed by atoms with E-state index < -0.39 is 14.0 Å². The molecular weight excluding hydrogens is 352 g/mol. The van der Waals surface area contributed by atoms with E-state index in [0.29, 0.717) is 17.8 Å². The van der Waals surface area contributed by atoms with Gasteiger partial charge in [0.15, 0.2) is 0 Å². The molecule has 1 saturated carbocycles. The highest BCUT2D eigenvalue weighted by Gasteiger charge is 2.34. The average molecular weight is 395 g/mol. The van der Waals surface area contributed by atoms with Crippen LogP contribution in [0.1, 0.15) is 59.3 Å². The third-order valence-corrected chi connectivity index (χ3v) is 6.51. The molecule has 0 aliphatic heterocycles. The Morgan fingerprint density at radius 3 is 2.41 bits per heavy atom. The van der Waals surface area contributed by atoms with Gasteiger partial charge in [-0.1, -0.05) is 51.7 Å². The van der Waals surface area contributed by atoms with Gasteiger partial charge >= 0.3 is 5.97 Å². The van der Waals surface area contributed by atoms with Crippen LogP contribution in [0.15, 0.2) is 16.4 Å². The van der Waals surface area contributed by atoms with Gasteiger partial charge in [0.25, 0.3) is 0 Å². The summed E-state index contributed by atoms with van der Waals surface area (Å²) < 4.78 is 0. The first-order valence-electron chi connectivity index (χ1n) is 10.6. The van der Waals surface area contributed by atoms with Crippen LogP contribution in [-0.2, 0) is 4.79 Å². The molecule has 0 heterocycles. The van der Waals surface area contributed by atoms with Gasteiger partial charge in [-0.25, -0.2) is 0 Å². The Labute approximate surface area is 168 Å². The molecule has 27 heavy (non-hydrogen) atoms. The lowest BCUT2D eigenvalue weighted by Crippen LogP contribution is -2.31. The Kier molecular flexibility index (Phi) is 9.26. The molecule has 0 bridgehead atoms. The lowest BCUT2D eigenvalue weighted by atomic mass is 9.69. The van der Waals surface area contributed by atoms with Crippen molar-refractivity contribution in [2.24, 2.45) is 28.8 Å². The first-order chi connectivity index (χ1) is 12.4. The van der Waals surface area contributed by atoms with Crippen LogP contribution in [0.25, 0.3) is 0 Å². The number of hydrogen-bond acceptors (Lipinski definition) is 3. The topological polar surface area (TPSA) is 52.9 Å². The monoisotopic (exact) mass is 394 g/mol. The van der Waals surface area contributed by atoms with Crippen molar-refractivity contribution < 1.29 is 9.90 Å². The molecule has 0 unspecified atom stereocenters. The van der Waals surface area contributed by atoms with Crippen LogP contribution in [-0.4, -0.2) is 44.0 Å². The molecule has 1 aliphatic rings. The molecule has 156 valence electrons. The van der Waals surface area contributed by atoms with E-state index in [9.17, 15) is 9.90 Å². The fourth-order valence-electron chi connectivity index (χ4n) is 4.34. The Bertz CT molecular complexity index is 547. The van der Waals surface area contributed by atoms with Crippen molar-refractivity contribution >= 4 is 19.8 Å². The number of hydrazone groups is 1. The number of carbonyl (C=O) groups is 1. The summed E-state index contributed by atoms with van der Waals surface area (Å²) in [6.45, 7) is 13.9. The molecule has 5 heteroatoms. The van der Waals surface area contributed by atoms with Crippen molar-refractivity contribution in [3.8, 4) is 0 Å². The maximum absolute atomic E-state index is 11.4. The highest BCUT2D eigenvalue weighted by molar-refractivity contribution is 6.81. The number of carboxylic acid groups (broad SMARTS) is 1. The molecule has 0 aromatic rings. The third kappa shape index (κ3) is 9.09. The quantitative estimate of drug-likeness (QED) is 0.311. The molecule has 0 spiro atoms. The van der Waals surface area contributed by atoms with Crippen molar-refractivity contribution in [2.75, 3.05) is 14.1 Å². The molecule has 3 atom stereocenters. The summed E-state index contributed by atoms with van der Waals surface area (Å²) in [6.07, 6.45) is 5.57. The van der Waals surface area contributed by atoms with E-state index in [2.05, 4.69) is 46.1 Å². The minimum absolute atomic E-state index is 0.217. The molecular formula is C22H42N2O2Si. The molecule has 1 aliphatic carbocycles. The van der Waals surface area contributed by atoms with Gasteiger partial charge in [0.1, 0.15) is 0 Å². The molecule has 0 saturated heterocycles. The summed E-state index contributed by atoms with van der Waals surface area (Å²) in [7, 11) is 2.57. The number of rotatable bonds is 9. The van der Waals surface area contributed by atoms with E-state index in [0.717, 1.165) is 32.1 Å². The number of nitrogens with zero attached hydrogens (tertiary/aromatic N) is 2. The largest absolute Gasteiger partial charge is 0.481 e. The molecule has 0 aromatic heterocycles. The second-order valence-electron chi connectivity index (χ2n) is 10.1. The summed E-state index contributed by atoms with van der Waals surface area (Å²) in [6, 6.07) is 0. The van der Waals surface area contributed by atoms with E-state index >= 15 is 0 Å². The van der Waals surface area contributed by atoms with E-state index in [4.69, 9.17) is 5.10 Å². The zero-order valence-electron chi connectivity index (χ0n) is 18.9. The van der Waals surface area contributed by atoms with Gasteiger partial charge in [0.05, 0.1) is 14.5 Å². The average Bonchev–Trinajstić information content (AvgIpc) is 2.46. The fourth-order valence-corrected chi connectivity index (χ4v) is 5.79. The molecule has 0 aromatic carbocycles. The fraction of sp³-hybridized carbons (Fsp3) is 0.818. The number of hydrogen-bond donors (Lipinski definition) is 1. The predicted molar refractivity (Wildman–Crippen MR) is 119 cm³/mol. The third-order valence-electron chi connectivity index (χ3n) is 5.31. The summed E-state index contributed by atoms with van der Waals surface area (Å²) in [4.78, 5) is 11.4. The van der Waals surface area contributed by atoms with Gasteiger partial charge in [-0.2, -0.15) is 5.10 Å². The molecule has 0 amide bonds. The van der Waals surface area contributed by atoms with E-state index in [1.165, 1.54) is 11.3 Å². The maximum Gasteiger partial charge on any atom is 0.303 e. The number of carboxylic acids is 1. The molecule has 1 fully saturated rings. The first-order valence-corrected chi connectivity index (χ1v) is 14.1. The van der Waals surface area contributed by atoms with Gasteiger partial charge in [0.2, 0.25) is 0 Å². The molecule has 1 N–H and O–H groups in total. The molecule has 1 rings (SSSR count).